The molecule has 1 aliphatic heterocycles. The molecule has 22 heavy (non-hydrogen) atoms. The van der Waals surface area contributed by atoms with Crippen LogP contribution >= 0.6 is 0 Å². The maximum absolute atomic E-state index is 9.95. The predicted octanol–water partition coefficient (Wildman–Crippen LogP) is -1.83. The van der Waals surface area contributed by atoms with Gasteiger partial charge in [-0.3, -0.25) is 0 Å². The summed E-state index contributed by atoms with van der Waals surface area (Å²) < 4.78 is 10.9. The van der Waals surface area contributed by atoms with Gasteiger partial charge in [-0.05, 0) is 18.4 Å². The molecule has 0 aromatic carbocycles. The van der Waals surface area contributed by atoms with E-state index in [9.17, 15) is 20.4 Å². The van der Waals surface area contributed by atoms with Gasteiger partial charge in [0.2, 0.25) is 0 Å². The lowest BCUT2D eigenvalue weighted by Crippen LogP contribution is -2.59. The molecule has 8 nitrogen and oxygen atoms in total. The fourth-order valence-corrected chi connectivity index (χ4v) is 2.74. The predicted molar refractivity (Wildman–Crippen MR) is 72.2 cm³/mol. The molecule has 0 amide bonds. The van der Waals surface area contributed by atoms with Crippen LogP contribution in [0.5, 0.6) is 0 Å². The molecule has 1 heterocycles. The molecular weight excluding hydrogens is 294 g/mol. The Morgan fingerprint density at radius 2 is 1.95 bits per heavy atom. The van der Waals surface area contributed by atoms with E-state index in [4.69, 9.17) is 19.8 Å². The second-order valence-corrected chi connectivity index (χ2v) is 5.60. The molecule has 8 heteroatoms. The molecule has 124 valence electrons. The number of hydrogen-bond donors (Lipinski definition) is 5. The Labute approximate surface area is 127 Å². The summed E-state index contributed by atoms with van der Waals surface area (Å²) in [6.07, 6.45) is -5.45. The molecule has 1 saturated carbocycles. The summed E-state index contributed by atoms with van der Waals surface area (Å²) in [5, 5.41) is 57.0. The van der Waals surface area contributed by atoms with Crippen LogP contribution in [0.2, 0.25) is 0 Å². The van der Waals surface area contributed by atoms with E-state index in [-0.39, 0.29) is 6.42 Å². The highest BCUT2D eigenvalue weighted by molar-refractivity contribution is 5.20. The molecule has 0 aromatic rings. The van der Waals surface area contributed by atoms with Gasteiger partial charge in [0.1, 0.15) is 24.4 Å². The number of allylic oxidation sites excluding steroid dienone is 1. The summed E-state index contributed by atoms with van der Waals surface area (Å²) in [6.45, 7) is -0.543. The van der Waals surface area contributed by atoms with Crippen LogP contribution in [0.15, 0.2) is 11.6 Å². The Morgan fingerprint density at radius 1 is 1.23 bits per heavy atom. The van der Waals surface area contributed by atoms with Crippen molar-refractivity contribution in [2.24, 2.45) is 0 Å². The van der Waals surface area contributed by atoms with Gasteiger partial charge in [-0.2, -0.15) is 5.26 Å². The van der Waals surface area contributed by atoms with Gasteiger partial charge in [0.25, 0.3) is 0 Å². The minimum Gasteiger partial charge on any atom is -0.394 e. The fraction of sp³-hybridized carbons (Fsp3) is 0.786. The van der Waals surface area contributed by atoms with Crippen molar-refractivity contribution in [2.45, 2.75) is 62.2 Å². The van der Waals surface area contributed by atoms with E-state index in [0.717, 1.165) is 0 Å². The average Bonchev–Trinajstić information content (AvgIpc) is 2.50. The minimum absolute atomic E-state index is 0.239. The number of hydrogen-bond acceptors (Lipinski definition) is 8. The Morgan fingerprint density at radius 3 is 2.59 bits per heavy atom. The van der Waals surface area contributed by atoms with Crippen molar-refractivity contribution >= 4 is 0 Å². The number of ether oxygens (including phenoxy) is 2. The Balaban J connectivity index is 2.10. The zero-order valence-corrected chi connectivity index (χ0v) is 11.9. The Kier molecular flexibility index (Phi) is 5.88. The summed E-state index contributed by atoms with van der Waals surface area (Å²) >= 11 is 0. The van der Waals surface area contributed by atoms with Gasteiger partial charge < -0.3 is 35.0 Å². The van der Waals surface area contributed by atoms with Crippen LogP contribution in [0.1, 0.15) is 19.3 Å². The SMILES string of the molecule is N#CC=C1CCC(O)CC1OC1OC(CO)C(O)C(O)C1O. The van der Waals surface area contributed by atoms with Gasteiger partial charge in [0.15, 0.2) is 6.29 Å². The second-order valence-electron chi connectivity index (χ2n) is 5.60. The van der Waals surface area contributed by atoms with E-state index in [1.54, 1.807) is 0 Å². The zero-order chi connectivity index (χ0) is 16.3. The van der Waals surface area contributed by atoms with Gasteiger partial charge in [-0.15, -0.1) is 0 Å². The normalized spacial score (nSPS) is 44.7. The molecule has 2 fully saturated rings. The third kappa shape index (κ3) is 3.64. The lowest BCUT2D eigenvalue weighted by atomic mass is 9.89. The first kappa shape index (κ1) is 17.3. The number of rotatable bonds is 3. The molecule has 1 saturated heterocycles. The number of nitrogens with zero attached hydrogens (tertiary/aromatic N) is 1. The van der Waals surface area contributed by atoms with Crippen molar-refractivity contribution in [2.75, 3.05) is 6.61 Å². The van der Waals surface area contributed by atoms with Crippen molar-refractivity contribution in [1.82, 2.24) is 0 Å². The van der Waals surface area contributed by atoms with Gasteiger partial charge in [0, 0.05) is 12.5 Å². The van der Waals surface area contributed by atoms with Crippen LogP contribution < -0.4 is 0 Å². The maximum atomic E-state index is 9.95. The van der Waals surface area contributed by atoms with Crippen molar-refractivity contribution < 1.29 is 35.0 Å². The highest BCUT2D eigenvalue weighted by Gasteiger charge is 2.45. The van der Waals surface area contributed by atoms with Crippen molar-refractivity contribution in [1.29, 1.82) is 5.26 Å². The quantitative estimate of drug-likeness (QED) is 0.382. The summed E-state index contributed by atoms with van der Waals surface area (Å²) in [7, 11) is 0. The van der Waals surface area contributed by atoms with Crippen molar-refractivity contribution in [3.8, 4) is 6.07 Å². The standard InChI is InChI=1S/C14H21NO7/c15-4-3-7-1-2-8(17)5-9(7)21-14-13(20)12(19)11(18)10(6-16)22-14/h3,8-14,16-20H,1-2,5-6H2. The van der Waals surface area contributed by atoms with Gasteiger partial charge in [0.05, 0.1) is 24.9 Å². The molecule has 0 aromatic heterocycles. The average molecular weight is 315 g/mol. The van der Waals surface area contributed by atoms with E-state index >= 15 is 0 Å². The molecule has 0 bridgehead atoms. The van der Waals surface area contributed by atoms with E-state index in [0.29, 0.717) is 18.4 Å². The van der Waals surface area contributed by atoms with Gasteiger partial charge in [-0.25, -0.2) is 0 Å². The highest BCUT2D eigenvalue weighted by atomic mass is 16.7. The van der Waals surface area contributed by atoms with Gasteiger partial charge in [-0.1, -0.05) is 0 Å². The van der Waals surface area contributed by atoms with E-state index in [1.807, 2.05) is 6.07 Å². The smallest absolute Gasteiger partial charge is 0.187 e. The number of aliphatic hydroxyl groups excluding tert-OH is 5. The third-order valence-corrected chi connectivity index (χ3v) is 4.06. The van der Waals surface area contributed by atoms with Gasteiger partial charge >= 0.3 is 0 Å². The van der Waals surface area contributed by atoms with Crippen LogP contribution in [-0.2, 0) is 9.47 Å². The maximum Gasteiger partial charge on any atom is 0.187 e. The van der Waals surface area contributed by atoms with Crippen molar-refractivity contribution in [3.05, 3.63) is 11.6 Å². The topological polar surface area (TPSA) is 143 Å². The van der Waals surface area contributed by atoms with Crippen LogP contribution in [-0.4, -0.2) is 75.1 Å². The molecule has 7 atom stereocenters. The van der Waals surface area contributed by atoms with Crippen LogP contribution in [0.3, 0.4) is 0 Å². The molecule has 2 aliphatic rings. The first-order valence-corrected chi connectivity index (χ1v) is 7.20. The van der Waals surface area contributed by atoms with E-state index in [2.05, 4.69) is 0 Å². The lowest BCUT2D eigenvalue weighted by molar-refractivity contribution is -0.310. The number of aliphatic hydroxyl groups is 5. The summed E-state index contributed by atoms with van der Waals surface area (Å²) in [5.74, 6) is 0. The minimum atomic E-state index is -1.52. The molecule has 1 aliphatic carbocycles. The zero-order valence-electron chi connectivity index (χ0n) is 11.9. The second kappa shape index (κ2) is 7.48. The molecule has 0 radical (unpaired) electrons. The lowest BCUT2D eigenvalue weighted by Gasteiger charge is -2.42. The first-order chi connectivity index (χ1) is 10.5. The molecule has 0 spiro atoms. The van der Waals surface area contributed by atoms with E-state index in [1.165, 1.54) is 6.08 Å². The summed E-state index contributed by atoms with van der Waals surface area (Å²) in [5.41, 5.74) is 0.671. The van der Waals surface area contributed by atoms with Crippen LogP contribution in [0, 0.1) is 11.3 Å². The molecule has 2 rings (SSSR count). The summed E-state index contributed by atoms with van der Waals surface area (Å²) in [4.78, 5) is 0. The fourth-order valence-electron chi connectivity index (χ4n) is 2.74. The van der Waals surface area contributed by atoms with Crippen LogP contribution in [0.25, 0.3) is 0 Å². The van der Waals surface area contributed by atoms with Crippen molar-refractivity contribution in [3.63, 3.8) is 0 Å². The Hall–Kier alpha value is -1.05. The largest absolute Gasteiger partial charge is 0.394 e. The van der Waals surface area contributed by atoms with Crippen LogP contribution in [0.4, 0.5) is 0 Å². The molecule has 7 unspecified atom stereocenters. The first-order valence-electron chi connectivity index (χ1n) is 7.20. The highest BCUT2D eigenvalue weighted by Crippen LogP contribution is 2.30. The third-order valence-electron chi connectivity index (χ3n) is 4.06. The summed E-state index contributed by atoms with van der Waals surface area (Å²) in [6, 6.07) is 1.91. The number of nitriles is 1. The monoisotopic (exact) mass is 315 g/mol. The van der Waals surface area contributed by atoms with E-state index < -0.39 is 49.5 Å². The Bertz CT molecular complexity index is 447. The molecular formula is C14H21NO7. The molecule has 5 N–H and O–H groups in total.